The highest BCUT2D eigenvalue weighted by atomic mass is 32.2. The van der Waals surface area contributed by atoms with Gasteiger partial charge in [0.1, 0.15) is 6.29 Å². The van der Waals surface area contributed by atoms with Crippen molar-refractivity contribution in [1.82, 2.24) is 5.09 Å². The second-order valence-corrected chi connectivity index (χ2v) is 6.96. The van der Waals surface area contributed by atoms with Crippen LogP contribution in [0.3, 0.4) is 0 Å². The molecule has 0 saturated heterocycles. The summed E-state index contributed by atoms with van der Waals surface area (Å²) in [6, 6.07) is -0.288. The largest absolute Gasteiger partial charge is 0.512 e. The number of thiol groups is 1. The smallest absolute Gasteiger partial charge is 0.137 e. The second kappa shape index (κ2) is 6.27. The third-order valence-corrected chi connectivity index (χ3v) is 2.90. The van der Waals surface area contributed by atoms with E-state index in [1.54, 1.807) is 12.5 Å². The molecule has 0 heterocycles. The lowest BCUT2D eigenvalue weighted by Crippen LogP contribution is -2.21. The average Bonchev–Trinajstić information content (AvgIpc) is 2.03. The standard InChI is InChI=1S/C8H18NO3PS/c1-14(2,12)6-8(11)4-3-7(5-10)9-13/h5-7,9,11,14H,3-4,13H2,1-2H3/b8-6-/t7-/m0/s1. The molecule has 0 spiro atoms. The topological polar surface area (TPSA) is 66.4 Å². The van der Waals surface area contributed by atoms with Crippen LogP contribution in [0, 0.1) is 0 Å². The lowest BCUT2D eigenvalue weighted by Gasteiger charge is -2.09. The van der Waals surface area contributed by atoms with Crippen molar-refractivity contribution < 1.29 is 14.1 Å². The van der Waals surface area contributed by atoms with Crippen LogP contribution in [0.5, 0.6) is 0 Å². The first-order valence-electron chi connectivity index (χ1n) is 4.26. The number of carbonyl (C=O) groups is 1. The van der Waals surface area contributed by atoms with Gasteiger partial charge in [0.05, 0.1) is 11.8 Å². The molecule has 4 nitrogen and oxygen atoms in total. The van der Waals surface area contributed by atoms with Gasteiger partial charge in [-0.2, -0.15) is 0 Å². The van der Waals surface area contributed by atoms with Gasteiger partial charge < -0.3 is 9.90 Å². The van der Waals surface area contributed by atoms with Gasteiger partial charge >= 0.3 is 0 Å². The first-order chi connectivity index (χ1) is 6.39. The Hall–Kier alpha value is -0.250. The summed E-state index contributed by atoms with van der Waals surface area (Å²) in [6.07, 6.45) is 4.78. The highest BCUT2D eigenvalue weighted by molar-refractivity contribution is 8.04. The number of nitrogens with one attached hydrogen (secondary N) is 1. The number of rotatable bonds is 6. The summed E-state index contributed by atoms with van der Waals surface area (Å²) in [5.74, 6) is 0.0884. The van der Waals surface area contributed by atoms with E-state index < -0.39 is 9.93 Å². The number of aliphatic hydroxyl groups is 1. The number of carbonyl (C=O) groups excluding carboxylic acids is 1. The molecule has 2 N–H and O–H groups in total. The van der Waals surface area contributed by atoms with E-state index in [1.807, 2.05) is 0 Å². The van der Waals surface area contributed by atoms with Crippen LogP contribution >= 0.6 is 9.39 Å². The molecule has 0 aliphatic carbocycles. The van der Waals surface area contributed by atoms with Gasteiger partial charge in [-0.25, -0.2) is 0 Å². The summed E-state index contributed by atoms with van der Waals surface area (Å²) in [7, 11) is -0.0773. The van der Waals surface area contributed by atoms with Crippen molar-refractivity contribution in [2.24, 2.45) is 0 Å². The molecule has 14 heavy (non-hydrogen) atoms. The van der Waals surface area contributed by atoms with Crippen LogP contribution in [0.2, 0.25) is 0 Å². The molecular weight excluding hydrogens is 221 g/mol. The van der Waals surface area contributed by atoms with Crippen LogP contribution < -0.4 is 5.09 Å². The Kier molecular flexibility index (Phi) is 6.16. The SMILES string of the molecule is C[SH](C)(=O)/C=C(\O)CC[C@@H](C=O)NP. The Balaban J connectivity index is 4.08. The molecule has 0 radical (unpaired) electrons. The summed E-state index contributed by atoms with van der Waals surface area (Å²) in [5.41, 5.74) is 0. The molecule has 6 heteroatoms. The first kappa shape index (κ1) is 13.8. The minimum atomic E-state index is -2.32. The van der Waals surface area contributed by atoms with Gasteiger partial charge in [-0.15, -0.1) is 0 Å². The summed E-state index contributed by atoms with van der Waals surface area (Å²) < 4.78 is 11.3. The molecule has 1 unspecified atom stereocenters. The van der Waals surface area contributed by atoms with E-state index in [1.165, 1.54) is 5.41 Å². The zero-order chi connectivity index (χ0) is 11.2. The highest BCUT2D eigenvalue weighted by Crippen LogP contribution is 2.08. The van der Waals surface area contributed by atoms with Crippen molar-refractivity contribution in [3.05, 3.63) is 11.2 Å². The lowest BCUT2D eigenvalue weighted by atomic mass is 10.2. The molecule has 2 atom stereocenters. The molecule has 0 rings (SSSR count). The monoisotopic (exact) mass is 239 g/mol. The fourth-order valence-electron chi connectivity index (χ4n) is 0.917. The van der Waals surface area contributed by atoms with E-state index in [0.717, 1.165) is 6.29 Å². The fourth-order valence-corrected chi connectivity index (χ4v) is 2.01. The van der Waals surface area contributed by atoms with Crippen molar-refractivity contribution in [2.75, 3.05) is 12.5 Å². The van der Waals surface area contributed by atoms with Crippen LogP contribution in [0.25, 0.3) is 0 Å². The van der Waals surface area contributed by atoms with Gasteiger partial charge in [0.15, 0.2) is 0 Å². The molecule has 0 aliphatic heterocycles. The summed E-state index contributed by atoms with van der Waals surface area (Å²) in [5, 5.41) is 13.4. The van der Waals surface area contributed by atoms with E-state index >= 15 is 0 Å². The van der Waals surface area contributed by atoms with Gasteiger partial charge in [-0.05, 0) is 18.9 Å². The maximum atomic E-state index is 11.3. The maximum Gasteiger partial charge on any atom is 0.137 e. The normalized spacial score (nSPS) is 16.4. The van der Waals surface area contributed by atoms with Gasteiger partial charge in [0.2, 0.25) is 0 Å². The minimum Gasteiger partial charge on any atom is -0.512 e. The second-order valence-electron chi connectivity index (χ2n) is 3.50. The molecule has 0 saturated carbocycles. The summed E-state index contributed by atoms with van der Waals surface area (Å²) >= 11 is 0. The number of hydrogen-bond donors (Lipinski definition) is 3. The third-order valence-electron chi connectivity index (χ3n) is 1.55. The molecular formula is C8H18NO3PS. The van der Waals surface area contributed by atoms with Crippen molar-refractivity contribution in [3.8, 4) is 0 Å². The highest BCUT2D eigenvalue weighted by Gasteiger charge is 2.06. The average molecular weight is 239 g/mol. The zero-order valence-corrected chi connectivity index (χ0v) is 10.5. The Labute approximate surface area is 87.8 Å². The molecule has 0 aromatic rings. The van der Waals surface area contributed by atoms with E-state index in [9.17, 15) is 14.1 Å². The van der Waals surface area contributed by atoms with Crippen molar-refractivity contribution in [2.45, 2.75) is 18.9 Å². The number of allylic oxidation sites excluding steroid dienone is 1. The number of aldehydes is 1. The Bertz CT molecular complexity index is 261. The van der Waals surface area contributed by atoms with Gasteiger partial charge in [0.25, 0.3) is 0 Å². The Morgan fingerprint density at radius 3 is 2.57 bits per heavy atom. The van der Waals surface area contributed by atoms with Gasteiger partial charge in [-0.1, -0.05) is 19.3 Å². The summed E-state index contributed by atoms with van der Waals surface area (Å²) in [4.78, 5) is 10.4. The summed E-state index contributed by atoms with van der Waals surface area (Å²) in [6.45, 7) is 0. The minimum absolute atomic E-state index is 0.0884. The number of aliphatic hydroxyl groups excluding tert-OH is 1. The van der Waals surface area contributed by atoms with Crippen LogP contribution in [0.15, 0.2) is 11.2 Å². The molecule has 0 fully saturated rings. The van der Waals surface area contributed by atoms with Gasteiger partial charge in [-0.3, -0.25) is 9.30 Å². The van der Waals surface area contributed by atoms with E-state index in [4.69, 9.17) is 0 Å². The van der Waals surface area contributed by atoms with E-state index in [0.29, 0.717) is 12.8 Å². The predicted octanol–water partition coefficient (Wildman–Crippen LogP) is 0.389. The Morgan fingerprint density at radius 2 is 2.21 bits per heavy atom. The van der Waals surface area contributed by atoms with Crippen molar-refractivity contribution in [1.29, 1.82) is 0 Å². The van der Waals surface area contributed by atoms with Gasteiger partial charge in [0, 0.05) is 11.8 Å². The quantitative estimate of drug-likeness (QED) is 0.271. The van der Waals surface area contributed by atoms with Crippen molar-refractivity contribution in [3.63, 3.8) is 0 Å². The number of hydrogen-bond acceptors (Lipinski definition) is 4. The zero-order valence-electron chi connectivity index (χ0n) is 8.43. The molecule has 0 aliphatic rings. The van der Waals surface area contributed by atoms with E-state index in [-0.39, 0.29) is 11.8 Å². The predicted molar refractivity (Wildman–Crippen MR) is 64.0 cm³/mol. The van der Waals surface area contributed by atoms with Crippen molar-refractivity contribution >= 4 is 25.6 Å². The lowest BCUT2D eigenvalue weighted by molar-refractivity contribution is -0.109. The first-order valence-corrected chi connectivity index (χ1v) is 7.50. The Morgan fingerprint density at radius 1 is 1.64 bits per heavy atom. The maximum absolute atomic E-state index is 11.3. The van der Waals surface area contributed by atoms with Crippen LogP contribution in [0.4, 0.5) is 0 Å². The van der Waals surface area contributed by atoms with E-state index in [2.05, 4.69) is 14.5 Å². The fraction of sp³-hybridized carbons (Fsp3) is 0.625. The molecule has 0 amide bonds. The molecule has 0 aromatic carbocycles. The third kappa shape index (κ3) is 7.18. The van der Waals surface area contributed by atoms with Crippen LogP contribution in [-0.4, -0.2) is 34.2 Å². The van der Waals surface area contributed by atoms with Crippen LogP contribution in [-0.2, 0) is 14.7 Å². The van der Waals surface area contributed by atoms with Crippen LogP contribution in [0.1, 0.15) is 12.8 Å². The molecule has 0 bridgehead atoms. The molecule has 0 aromatic heterocycles. The molecule has 84 valence electrons.